The summed E-state index contributed by atoms with van der Waals surface area (Å²) in [5, 5.41) is 0.724. The maximum absolute atomic E-state index is 14.1. The number of nitrogens with one attached hydrogen (secondary N) is 1. The monoisotopic (exact) mass is 554 g/mol. The smallest absolute Gasteiger partial charge is 0.410 e. The maximum Gasteiger partial charge on any atom is 0.410 e. The average Bonchev–Trinajstić information content (AvgIpc) is 3.43. The van der Waals surface area contributed by atoms with Crippen LogP contribution in [0.4, 0.5) is 10.6 Å². The Morgan fingerprint density at radius 3 is 2.59 bits per heavy atom. The maximum atomic E-state index is 14.1. The van der Waals surface area contributed by atoms with Crippen LogP contribution >= 0.6 is 0 Å². The highest BCUT2D eigenvalue weighted by Crippen LogP contribution is 2.33. The lowest BCUT2D eigenvalue weighted by molar-refractivity contribution is 0.0953. The quantitative estimate of drug-likeness (QED) is 0.357. The van der Waals surface area contributed by atoms with Gasteiger partial charge >= 0.3 is 6.09 Å². The lowest BCUT2D eigenvalue weighted by Crippen LogP contribution is -2.38. The summed E-state index contributed by atoms with van der Waals surface area (Å²) in [6.45, 7) is 4.84. The number of rotatable bonds is 6. The fraction of sp³-hybridized carbons (Fsp3) is 0.290. The molecule has 4 heterocycles. The third-order valence-corrected chi connectivity index (χ3v) is 7.50. The Bertz CT molecular complexity index is 1690. The molecule has 4 aromatic rings. The number of ether oxygens (including phenoxy) is 3. The van der Waals surface area contributed by atoms with E-state index in [2.05, 4.69) is 9.88 Å². The number of aromatic nitrogens is 2. The summed E-state index contributed by atoms with van der Waals surface area (Å²) < 4.78 is 16.6. The molecule has 0 bridgehead atoms. The zero-order chi connectivity index (χ0) is 28.5. The predicted octanol–water partition coefficient (Wildman–Crippen LogP) is 3.96. The minimum absolute atomic E-state index is 0.178. The lowest BCUT2D eigenvalue weighted by Gasteiger charge is -2.29. The van der Waals surface area contributed by atoms with Gasteiger partial charge in [0.15, 0.2) is 5.78 Å². The van der Waals surface area contributed by atoms with Crippen LogP contribution in [-0.4, -0.2) is 60.2 Å². The summed E-state index contributed by atoms with van der Waals surface area (Å²) in [5.74, 6) is 0.743. The van der Waals surface area contributed by atoms with Gasteiger partial charge in [-0.2, -0.15) is 0 Å². The Morgan fingerprint density at radius 2 is 1.83 bits per heavy atom. The topological polar surface area (TPSA) is 114 Å². The van der Waals surface area contributed by atoms with Gasteiger partial charge in [-0.1, -0.05) is 30.3 Å². The van der Waals surface area contributed by atoms with E-state index >= 15 is 0 Å². The molecule has 0 spiro atoms. The average molecular weight is 555 g/mol. The second-order valence-electron chi connectivity index (χ2n) is 10.2. The third kappa shape index (κ3) is 5.26. The highest BCUT2D eigenvalue weighted by Gasteiger charge is 2.31. The highest BCUT2D eigenvalue weighted by atomic mass is 16.6. The Morgan fingerprint density at radius 1 is 1.05 bits per heavy atom. The van der Waals surface area contributed by atoms with Crippen LogP contribution in [0.1, 0.15) is 38.3 Å². The molecule has 10 nitrogen and oxygen atoms in total. The molecular weight excluding hydrogens is 524 g/mol. The summed E-state index contributed by atoms with van der Waals surface area (Å²) in [6.07, 6.45) is -0.434. The van der Waals surface area contributed by atoms with Crippen molar-refractivity contribution in [2.75, 3.05) is 38.3 Å². The second kappa shape index (κ2) is 11.1. The Balaban J connectivity index is 1.34. The van der Waals surface area contributed by atoms with Gasteiger partial charge in [0, 0.05) is 30.1 Å². The van der Waals surface area contributed by atoms with Crippen molar-refractivity contribution in [3.8, 4) is 5.75 Å². The van der Waals surface area contributed by atoms with Gasteiger partial charge in [-0.05, 0) is 41.8 Å². The van der Waals surface area contributed by atoms with Crippen molar-refractivity contribution in [1.29, 1.82) is 0 Å². The molecule has 6 rings (SSSR count). The van der Waals surface area contributed by atoms with Crippen LogP contribution in [0.3, 0.4) is 0 Å². The molecule has 1 amide bonds. The van der Waals surface area contributed by atoms with E-state index in [9.17, 15) is 14.4 Å². The zero-order valence-electron chi connectivity index (χ0n) is 22.9. The second-order valence-corrected chi connectivity index (χ2v) is 10.2. The van der Waals surface area contributed by atoms with Gasteiger partial charge in [0.05, 0.1) is 50.2 Å². The van der Waals surface area contributed by atoms with Crippen molar-refractivity contribution in [1.82, 2.24) is 14.9 Å². The van der Waals surface area contributed by atoms with Crippen LogP contribution < -0.4 is 15.2 Å². The number of methoxy groups -OCH3 is 1. The number of anilines is 1. The Kier molecular flexibility index (Phi) is 7.15. The van der Waals surface area contributed by atoms with E-state index in [1.54, 1.807) is 17.0 Å². The first-order valence-corrected chi connectivity index (χ1v) is 13.5. The van der Waals surface area contributed by atoms with Crippen molar-refractivity contribution >= 4 is 28.6 Å². The minimum atomic E-state index is -0.434. The number of nitrogens with zero attached hydrogens (tertiary/aromatic N) is 3. The number of hydrogen-bond donors (Lipinski definition) is 1. The van der Waals surface area contributed by atoms with Crippen LogP contribution in [-0.2, 0) is 29.2 Å². The molecule has 2 aromatic heterocycles. The molecular formula is C31H30N4O6. The number of benzene rings is 2. The SMILES string of the molecule is COc1cc(C(=O)c2cc3c(nc2N2CCOCC2)CN(C(=O)OCc2ccccc2)C3)cc2c(C)cc(=O)[nH]c12. The van der Waals surface area contributed by atoms with Crippen molar-refractivity contribution < 1.29 is 23.8 Å². The molecule has 1 saturated heterocycles. The van der Waals surface area contributed by atoms with Crippen molar-refractivity contribution in [3.05, 3.63) is 98.5 Å². The molecule has 0 saturated carbocycles. The molecule has 210 valence electrons. The number of aryl methyl sites for hydroxylation is 1. The number of H-pyrrole nitrogens is 1. The van der Waals surface area contributed by atoms with Crippen LogP contribution in [0.2, 0.25) is 0 Å². The van der Waals surface area contributed by atoms with Crippen LogP contribution in [0, 0.1) is 6.92 Å². The fourth-order valence-corrected chi connectivity index (χ4v) is 5.36. The standard InChI is InChI=1S/C31H30N4O6/c1-19-12-27(36)33-28-23(19)13-21(15-26(28)39-2)29(37)24-14-22-16-35(31(38)41-18-20-6-4-3-5-7-20)17-25(22)32-30(24)34-8-10-40-11-9-34/h3-7,12-15H,8-11,16-18H2,1-2H3,(H,33,36). The summed E-state index contributed by atoms with van der Waals surface area (Å²) in [6, 6.07) is 16.3. The number of morpholine rings is 1. The summed E-state index contributed by atoms with van der Waals surface area (Å²) in [5.41, 5.74) is 4.34. The van der Waals surface area contributed by atoms with Gasteiger partial charge in [0.1, 0.15) is 18.2 Å². The Labute approximate surface area is 236 Å². The minimum Gasteiger partial charge on any atom is -0.495 e. The van der Waals surface area contributed by atoms with Crippen molar-refractivity contribution in [2.24, 2.45) is 0 Å². The number of fused-ring (bicyclic) bond motifs is 2. The summed E-state index contributed by atoms with van der Waals surface area (Å²) in [7, 11) is 1.51. The van der Waals surface area contributed by atoms with E-state index in [0.717, 1.165) is 27.8 Å². The lowest BCUT2D eigenvalue weighted by atomic mass is 9.98. The molecule has 0 atom stereocenters. The summed E-state index contributed by atoms with van der Waals surface area (Å²) >= 11 is 0. The van der Waals surface area contributed by atoms with Gasteiger partial charge in [0.2, 0.25) is 5.56 Å². The number of carbonyl (C=O) groups excluding carboxylic acids is 2. The molecule has 2 aliphatic rings. The number of carbonyl (C=O) groups is 2. The van der Waals surface area contributed by atoms with Gasteiger partial charge in [-0.25, -0.2) is 9.78 Å². The van der Waals surface area contributed by atoms with E-state index in [1.807, 2.05) is 43.3 Å². The van der Waals surface area contributed by atoms with Gasteiger partial charge < -0.3 is 24.1 Å². The van der Waals surface area contributed by atoms with Crippen LogP contribution in [0.15, 0.2) is 59.4 Å². The first-order valence-electron chi connectivity index (χ1n) is 13.5. The van der Waals surface area contributed by atoms with E-state index in [-0.39, 0.29) is 17.9 Å². The normalized spacial score (nSPS) is 14.7. The molecule has 1 N–H and O–H groups in total. The van der Waals surface area contributed by atoms with Crippen LogP contribution in [0.25, 0.3) is 10.9 Å². The van der Waals surface area contributed by atoms with Crippen molar-refractivity contribution in [3.63, 3.8) is 0 Å². The van der Waals surface area contributed by atoms with Gasteiger partial charge in [-0.3, -0.25) is 14.5 Å². The molecule has 10 heteroatoms. The van der Waals surface area contributed by atoms with E-state index in [0.29, 0.717) is 67.6 Å². The molecule has 2 aromatic carbocycles. The molecule has 0 radical (unpaired) electrons. The number of amides is 1. The summed E-state index contributed by atoms with van der Waals surface area (Å²) in [4.78, 5) is 50.5. The molecule has 2 aliphatic heterocycles. The number of aromatic amines is 1. The largest absolute Gasteiger partial charge is 0.495 e. The number of ketones is 1. The third-order valence-electron chi connectivity index (χ3n) is 7.50. The number of hydrogen-bond acceptors (Lipinski definition) is 8. The van der Waals surface area contributed by atoms with Gasteiger partial charge in [0.25, 0.3) is 0 Å². The first-order chi connectivity index (χ1) is 19.9. The van der Waals surface area contributed by atoms with E-state index in [4.69, 9.17) is 19.2 Å². The highest BCUT2D eigenvalue weighted by molar-refractivity contribution is 6.14. The molecule has 41 heavy (non-hydrogen) atoms. The predicted molar refractivity (Wildman–Crippen MR) is 152 cm³/mol. The zero-order valence-corrected chi connectivity index (χ0v) is 22.9. The van der Waals surface area contributed by atoms with E-state index < -0.39 is 6.09 Å². The van der Waals surface area contributed by atoms with Crippen LogP contribution in [0.5, 0.6) is 5.75 Å². The van der Waals surface area contributed by atoms with E-state index in [1.165, 1.54) is 13.2 Å². The van der Waals surface area contributed by atoms with Crippen molar-refractivity contribution in [2.45, 2.75) is 26.6 Å². The molecule has 1 fully saturated rings. The molecule has 0 aliphatic carbocycles. The van der Waals surface area contributed by atoms with Gasteiger partial charge in [-0.15, -0.1) is 0 Å². The fourth-order valence-electron chi connectivity index (χ4n) is 5.36. The number of pyridine rings is 2. The Hall–Kier alpha value is -4.70. The first kappa shape index (κ1) is 26.5. The molecule has 0 unspecified atom stereocenters.